The minimum absolute atomic E-state index is 0.109. The van der Waals surface area contributed by atoms with E-state index in [0.29, 0.717) is 5.06 Å². The molecule has 0 aliphatic carbocycles. The maximum absolute atomic E-state index is 12.9. The van der Waals surface area contributed by atoms with E-state index in [1.807, 2.05) is 0 Å². The highest BCUT2D eigenvalue weighted by Gasteiger charge is 2.38. The average molecular weight is 358 g/mol. The van der Waals surface area contributed by atoms with Crippen LogP contribution in [-0.2, 0) is 4.84 Å². The average Bonchev–Trinajstić information content (AvgIpc) is 3.17. The number of aromatic nitrogens is 3. The van der Waals surface area contributed by atoms with Gasteiger partial charge in [0.15, 0.2) is 5.65 Å². The third kappa shape index (κ3) is 2.31. The molecule has 0 radical (unpaired) electrons. The third-order valence-electron chi connectivity index (χ3n) is 3.79. The van der Waals surface area contributed by atoms with E-state index in [0.717, 1.165) is 10.6 Å². The van der Waals surface area contributed by atoms with Crippen LogP contribution in [0.25, 0.3) is 5.65 Å². The van der Waals surface area contributed by atoms with Gasteiger partial charge in [0.2, 0.25) is 5.82 Å². The number of hydrogen-bond acceptors (Lipinski definition) is 6. The van der Waals surface area contributed by atoms with E-state index in [4.69, 9.17) is 4.84 Å². The van der Waals surface area contributed by atoms with Crippen molar-refractivity contribution >= 4 is 23.4 Å². The van der Waals surface area contributed by atoms with Gasteiger partial charge in [-0.3, -0.25) is 14.0 Å². The van der Waals surface area contributed by atoms with Gasteiger partial charge in [0.05, 0.1) is 16.7 Å². The van der Waals surface area contributed by atoms with Crippen LogP contribution in [0, 0.1) is 0 Å². The van der Waals surface area contributed by atoms with Crippen molar-refractivity contribution < 1.29 is 28.0 Å². The van der Waals surface area contributed by atoms with Crippen LogP contribution in [0.2, 0.25) is 0 Å². The Labute approximate surface area is 143 Å². The molecule has 1 aromatic carbocycles. The van der Waals surface area contributed by atoms with Gasteiger partial charge in [-0.15, -0.1) is 10.2 Å². The number of imide groups is 1. The summed E-state index contributed by atoms with van der Waals surface area (Å²) in [5, 5.41) is 7.24. The van der Waals surface area contributed by atoms with E-state index in [1.54, 1.807) is 12.1 Å². The van der Waals surface area contributed by atoms with Crippen LogP contribution in [0.1, 0.15) is 43.3 Å². The van der Waals surface area contributed by atoms with Crippen LogP contribution in [0.15, 0.2) is 42.6 Å². The number of hydrogen-bond donors (Lipinski definition) is 0. The summed E-state index contributed by atoms with van der Waals surface area (Å²) in [6.07, 6.45) is -1.84. The highest BCUT2D eigenvalue weighted by atomic mass is 19.3. The van der Waals surface area contributed by atoms with Gasteiger partial charge >= 0.3 is 5.97 Å². The first-order chi connectivity index (χ1) is 12.5. The van der Waals surface area contributed by atoms with Crippen LogP contribution in [0.3, 0.4) is 0 Å². The number of amides is 2. The highest BCUT2D eigenvalue weighted by molar-refractivity contribution is 6.21. The second-order valence-corrected chi connectivity index (χ2v) is 5.33. The Balaban J connectivity index is 1.63. The van der Waals surface area contributed by atoms with Gasteiger partial charge in [-0.05, 0) is 24.3 Å². The summed E-state index contributed by atoms with van der Waals surface area (Å²) in [5.74, 6) is -3.26. The number of nitrogens with zero attached hydrogens (tertiary/aromatic N) is 4. The van der Waals surface area contributed by atoms with Crippen LogP contribution >= 0.6 is 0 Å². The van der Waals surface area contributed by atoms with Gasteiger partial charge in [-0.2, -0.15) is 0 Å². The SMILES string of the molecule is O=C(ON1C(=O)c2ccccc2C1=O)c1ccc2nnc(C(F)F)n2c1. The van der Waals surface area contributed by atoms with Crippen molar-refractivity contribution in [1.29, 1.82) is 0 Å². The number of carbonyl (C=O) groups is 3. The lowest BCUT2D eigenvalue weighted by atomic mass is 10.1. The number of pyridine rings is 1. The highest BCUT2D eigenvalue weighted by Crippen LogP contribution is 2.24. The second-order valence-electron chi connectivity index (χ2n) is 5.33. The molecule has 3 aromatic rings. The quantitative estimate of drug-likeness (QED) is 0.665. The number of alkyl halides is 2. The predicted molar refractivity (Wildman–Crippen MR) is 80.3 cm³/mol. The number of rotatable bonds is 3. The Bertz CT molecular complexity index is 1040. The fraction of sp³-hybridized carbons (Fsp3) is 0.0625. The fourth-order valence-corrected chi connectivity index (χ4v) is 2.56. The normalized spacial score (nSPS) is 13.6. The van der Waals surface area contributed by atoms with Gasteiger partial charge in [0.25, 0.3) is 18.2 Å². The maximum atomic E-state index is 12.9. The maximum Gasteiger partial charge on any atom is 0.365 e. The number of fused-ring (bicyclic) bond motifs is 2. The molecule has 0 N–H and O–H groups in total. The molecule has 0 atom stereocenters. The first-order valence-corrected chi connectivity index (χ1v) is 7.30. The summed E-state index contributed by atoms with van der Waals surface area (Å²) in [7, 11) is 0. The van der Waals surface area contributed by atoms with Crippen molar-refractivity contribution in [3.8, 4) is 0 Å². The number of halogens is 2. The molecule has 26 heavy (non-hydrogen) atoms. The van der Waals surface area contributed by atoms with Crippen LogP contribution < -0.4 is 0 Å². The summed E-state index contributed by atoms with van der Waals surface area (Å²) >= 11 is 0. The standard InChI is InChI=1S/C16H8F2N4O4/c17-12(18)13-20-19-11-6-5-8(7-21(11)13)16(25)26-22-14(23)9-3-1-2-4-10(9)15(22)24/h1-7,12H. The molecule has 0 unspecified atom stereocenters. The minimum atomic E-state index is -2.90. The second kappa shape index (κ2) is 5.69. The van der Waals surface area contributed by atoms with E-state index < -0.39 is 30.0 Å². The van der Waals surface area contributed by atoms with Gasteiger partial charge in [-0.1, -0.05) is 17.2 Å². The summed E-state index contributed by atoms with van der Waals surface area (Å²) in [6.45, 7) is 0. The van der Waals surface area contributed by atoms with E-state index in [9.17, 15) is 23.2 Å². The van der Waals surface area contributed by atoms with Gasteiger partial charge < -0.3 is 4.84 Å². The monoisotopic (exact) mass is 358 g/mol. The van der Waals surface area contributed by atoms with E-state index in [1.165, 1.54) is 24.3 Å². The van der Waals surface area contributed by atoms with Crippen LogP contribution in [-0.4, -0.2) is 37.4 Å². The Kier molecular flexibility index (Phi) is 3.46. The first kappa shape index (κ1) is 15.8. The zero-order chi connectivity index (χ0) is 18.4. The van der Waals surface area contributed by atoms with Crippen molar-refractivity contribution in [3.63, 3.8) is 0 Å². The third-order valence-corrected chi connectivity index (χ3v) is 3.79. The van der Waals surface area contributed by atoms with E-state index in [-0.39, 0.29) is 22.3 Å². The lowest BCUT2D eigenvalue weighted by Crippen LogP contribution is -2.32. The van der Waals surface area contributed by atoms with Crippen molar-refractivity contribution in [1.82, 2.24) is 19.7 Å². The fourth-order valence-electron chi connectivity index (χ4n) is 2.56. The molecule has 10 heteroatoms. The Morgan fingerprint density at radius 1 is 1.00 bits per heavy atom. The smallest absolute Gasteiger partial charge is 0.324 e. The molecule has 1 aliphatic heterocycles. The first-order valence-electron chi connectivity index (χ1n) is 7.30. The molecular weight excluding hydrogens is 350 g/mol. The van der Waals surface area contributed by atoms with Crippen molar-refractivity contribution in [2.75, 3.05) is 0 Å². The van der Waals surface area contributed by atoms with Crippen LogP contribution in [0.5, 0.6) is 0 Å². The number of carbonyl (C=O) groups excluding carboxylic acids is 3. The Morgan fingerprint density at radius 2 is 1.65 bits per heavy atom. The molecule has 130 valence electrons. The zero-order valence-electron chi connectivity index (χ0n) is 12.8. The van der Waals surface area contributed by atoms with Crippen molar-refractivity contribution in [3.05, 3.63) is 65.1 Å². The summed E-state index contributed by atoms with van der Waals surface area (Å²) in [4.78, 5) is 41.5. The van der Waals surface area contributed by atoms with Crippen molar-refractivity contribution in [2.24, 2.45) is 0 Å². The molecule has 0 bridgehead atoms. The molecule has 3 heterocycles. The summed E-state index contributed by atoms with van der Waals surface area (Å²) in [6, 6.07) is 8.56. The van der Waals surface area contributed by atoms with Gasteiger partial charge in [-0.25, -0.2) is 13.6 Å². The molecule has 0 saturated heterocycles. The summed E-state index contributed by atoms with van der Waals surface area (Å²) < 4.78 is 26.7. The molecule has 8 nitrogen and oxygen atoms in total. The molecule has 0 fully saturated rings. The minimum Gasteiger partial charge on any atom is -0.324 e. The largest absolute Gasteiger partial charge is 0.365 e. The lowest BCUT2D eigenvalue weighted by Gasteiger charge is -2.12. The van der Waals surface area contributed by atoms with E-state index in [2.05, 4.69) is 10.2 Å². The predicted octanol–water partition coefficient (Wildman–Crippen LogP) is 2.03. The zero-order valence-corrected chi connectivity index (χ0v) is 12.8. The molecular formula is C16H8F2N4O4. The van der Waals surface area contributed by atoms with Crippen molar-refractivity contribution in [2.45, 2.75) is 6.43 Å². The molecule has 2 aromatic heterocycles. The van der Waals surface area contributed by atoms with Gasteiger partial charge in [0, 0.05) is 6.20 Å². The molecule has 4 rings (SSSR count). The Hall–Kier alpha value is -3.69. The Morgan fingerprint density at radius 3 is 2.27 bits per heavy atom. The topological polar surface area (TPSA) is 93.9 Å². The molecule has 0 saturated carbocycles. The molecule has 1 aliphatic rings. The number of hydroxylamine groups is 2. The number of benzene rings is 1. The van der Waals surface area contributed by atoms with Crippen LogP contribution in [0.4, 0.5) is 8.78 Å². The van der Waals surface area contributed by atoms with E-state index >= 15 is 0 Å². The molecule has 0 spiro atoms. The van der Waals surface area contributed by atoms with Gasteiger partial charge in [0.1, 0.15) is 0 Å². The lowest BCUT2D eigenvalue weighted by molar-refractivity contribution is -0.0584. The molecule has 2 amide bonds. The summed E-state index contributed by atoms with van der Waals surface area (Å²) in [5.41, 5.74) is 0.174.